The molecule has 0 unspecified atom stereocenters. The van der Waals surface area contributed by atoms with Gasteiger partial charge in [-0.3, -0.25) is 4.79 Å². The van der Waals surface area contributed by atoms with E-state index < -0.39 is 8.80 Å². The van der Waals surface area contributed by atoms with E-state index in [0.29, 0.717) is 19.8 Å². The molecule has 0 radical (unpaired) electrons. The molecule has 17 heavy (non-hydrogen) atoms. The predicted molar refractivity (Wildman–Crippen MR) is 66.4 cm³/mol. The zero-order chi connectivity index (χ0) is 13.3. The summed E-state index contributed by atoms with van der Waals surface area (Å²) in [7, 11) is -2.84. The molecule has 0 amide bonds. The van der Waals surface area contributed by atoms with Crippen LogP contribution in [0.3, 0.4) is 0 Å². The number of rotatable bonds is 10. The van der Waals surface area contributed by atoms with Crippen molar-refractivity contribution in [1.82, 2.24) is 0 Å². The smallest absolute Gasteiger partial charge is 0.486 e. The number of hydrogen-bond donors (Lipinski definition) is 0. The molecular formula is C11H22O5Si. The van der Waals surface area contributed by atoms with Crippen molar-refractivity contribution in [3.8, 4) is 0 Å². The fourth-order valence-electron chi connectivity index (χ4n) is 1.19. The summed E-state index contributed by atoms with van der Waals surface area (Å²) in [5.74, 6) is -0.113. The van der Waals surface area contributed by atoms with E-state index in [2.05, 4.69) is 6.58 Å². The van der Waals surface area contributed by atoms with Gasteiger partial charge in [0.15, 0.2) is 17.8 Å². The van der Waals surface area contributed by atoms with Crippen LogP contribution >= 0.6 is 0 Å². The van der Waals surface area contributed by atoms with Gasteiger partial charge in [0.1, 0.15) is 0 Å². The molecule has 0 bridgehead atoms. The molecule has 0 atom stereocenters. The topological polar surface area (TPSA) is 54.0 Å². The van der Waals surface area contributed by atoms with Crippen LogP contribution in [-0.2, 0) is 22.8 Å². The molecule has 0 heterocycles. The van der Waals surface area contributed by atoms with E-state index in [1.54, 1.807) is 0 Å². The highest BCUT2D eigenvalue weighted by Crippen LogP contribution is 2.12. The van der Waals surface area contributed by atoms with Crippen LogP contribution in [0.25, 0.3) is 0 Å². The highest BCUT2D eigenvalue weighted by Gasteiger charge is 2.42. The van der Waals surface area contributed by atoms with Crippen LogP contribution in [0.1, 0.15) is 27.7 Å². The molecule has 0 saturated carbocycles. The van der Waals surface area contributed by atoms with Gasteiger partial charge in [0.05, 0.1) is 0 Å². The minimum Gasteiger partial charge on any atom is -0.486 e. The number of hydrogen-bond acceptors (Lipinski definition) is 5. The van der Waals surface area contributed by atoms with E-state index >= 15 is 0 Å². The first-order valence-electron chi connectivity index (χ1n) is 5.75. The molecule has 6 heteroatoms. The number of ketones is 1. The number of ether oxygens (including phenoxy) is 1. The van der Waals surface area contributed by atoms with Crippen LogP contribution in [0.5, 0.6) is 0 Å². The van der Waals surface area contributed by atoms with E-state index in [1.165, 1.54) is 6.92 Å². The van der Waals surface area contributed by atoms with E-state index in [-0.39, 0.29) is 17.8 Å². The second-order valence-corrected chi connectivity index (χ2v) is 5.77. The lowest BCUT2D eigenvalue weighted by Crippen LogP contribution is -2.51. The quantitative estimate of drug-likeness (QED) is 0.341. The number of Topliss-reactive ketones (excluding diaryl/α,β-unsaturated/α-hetero) is 1. The Morgan fingerprint density at radius 2 is 1.47 bits per heavy atom. The van der Waals surface area contributed by atoms with Crippen LogP contribution in [0.2, 0.25) is 0 Å². The summed E-state index contributed by atoms with van der Waals surface area (Å²) in [5, 5.41) is 0. The monoisotopic (exact) mass is 262 g/mol. The van der Waals surface area contributed by atoms with E-state index in [0.717, 1.165) is 0 Å². The first kappa shape index (κ1) is 16.3. The molecule has 0 spiro atoms. The summed E-state index contributed by atoms with van der Waals surface area (Å²) in [6.45, 7) is 11.9. The van der Waals surface area contributed by atoms with Crippen LogP contribution in [0.4, 0.5) is 0 Å². The number of carbonyl (C=O) groups excluding carboxylic acids is 1. The summed E-state index contributed by atoms with van der Waals surface area (Å²) in [5.41, 5.74) is 0. The third-order valence-electron chi connectivity index (χ3n) is 1.91. The molecule has 0 aliphatic carbocycles. The van der Waals surface area contributed by atoms with E-state index in [4.69, 9.17) is 18.0 Å². The Hall–Kier alpha value is -0.693. The predicted octanol–water partition coefficient (Wildman–Crippen LogP) is 1.69. The summed E-state index contributed by atoms with van der Waals surface area (Å²) in [6.07, 6.45) is 0.112. The third-order valence-corrected chi connectivity index (χ3v) is 4.59. The maximum absolute atomic E-state index is 11.0. The van der Waals surface area contributed by atoms with Crippen LogP contribution in [0, 0.1) is 0 Å². The largest absolute Gasteiger partial charge is 0.540 e. The van der Waals surface area contributed by atoms with Gasteiger partial charge < -0.3 is 18.0 Å². The van der Waals surface area contributed by atoms with Gasteiger partial charge in [-0.05, 0) is 20.8 Å². The minimum atomic E-state index is -2.84. The van der Waals surface area contributed by atoms with E-state index in [9.17, 15) is 4.79 Å². The molecule has 0 aromatic heterocycles. The number of allylic oxidation sites excluding steroid dienone is 1. The molecule has 0 aliphatic rings. The molecular weight excluding hydrogens is 240 g/mol. The summed E-state index contributed by atoms with van der Waals surface area (Å²) < 4.78 is 21.9. The minimum absolute atomic E-state index is 0.0981. The van der Waals surface area contributed by atoms with Crippen LogP contribution < -0.4 is 0 Å². The fourth-order valence-corrected chi connectivity index (χ4v) is 3.36. The Kier molecular flexibility index (Phi) is 8.06. The average molecular weight is 262 g/mol. The molecule has 0 N–H and O–H groups in total. The second kappa shape index (κ2) is 8.41. The summed E-state index contributed by atoms with van der Waals surface area (Å²) >= 11 is 0. The van der Waals surface area contributed by atoms with Crippen molar-refractivity contribution < 1.29 is 22.8 Å². The Labute approximate surface area is 104 Å². The summed E-state index contributed by atoms with van der Waals surface area (Å²) in [4.78, 5) is 11.0. The van der Waals surface area contributed by atoms with Crippen molar-refractivity contribution in [2.24, 2.45) is 0 Å². The van der Waals surface area contributed by atoms with Crippen molar-refractivity contribution in [1.29, 1.82) is 0 Å². The van der Waals surface area contributed by atoms with Gasteiger partial charge in [-0.1, -0.05) is 6.58 Å². The van der Waals surface area contributed by atoms with Crippen LogP contribution in [-0.4, -0.2) is 40.6 Å². The molecule has 0 saturated heterocycles. The van der Waals surface area contributed by atoms with Gasteiger partial charge in [-0.15, -0.1) is 0 Å². The second-order valence-electron chi connectivity index (χ2n) is 3.25. The zero-order valence-corrected chi connectivity index (χ0v) is 12.1. The van der Waals surface area contributed by atoms with Gasteiger partial charge >= 0.3 is 8.80 Å². The Bertz CT molecular complexity index is 237. The highest BCUT2D eigenvalue weighted by molar-refractivity contribution is 6.60. The molecule has 0 aliphatic heterocycles. The molecule has 0 fully saturated rings. The van der Waals surface area contributed by atoms with Crippen molar-refractivity contribution in [2.75, 3.05) is 26.1 Å². The third kappa shape index (κ3) is 5.97. The zero-order valence-electron chi connectivity index (χ0n) is 11.1. The van der Waals surface area contributed by atoms with Crippen molar-refractivity contribution in [3.05, 3.63) is 12.3 Å². The Morgan fingerprint density at radius 3 is 1.76 bits per heavy atom. The Balaban J connectivity index is 4.53. The van der Waals surface area contributed by atoms with Gasteiger partial charge in [0.2, 0.25) is 0 Å². The lowest BCUT2D eigenvalue weighted by atomic mass is 10.4. The fraction of sp³-hybridized carbons (Fsp3) is 0.727. The molecule has 5 nitrogen and oxygen atoms in total. The molecule has 0 aromatic rings. The SMILES string of the molecule is C=C(OC[Si](OCC)(OCC)OCC)C(C)=O. The van der Waals surface area contributed by atoms with Gasteiger partial charge in [0, 0.05) is 26.7 Å². The first-order valence-corrected chi connectivity index (χ1v) is 7.69. The highest BCUT2D eigenvalue weighted by atomic mass is 28.4. The molecule has 0 rings (SSSR count). The molecule has 0 aromatic carbocycles. The number of carbonyl (C=O) groups is 1. The van der Waals surface area contributed by atoms with Gasteiger partial charge in [-0.25, -0.2) is 0 Å². The van der Waals surface area contributed by atoms with Crippen molar-refractivity contribution >= 4 is 14.6 Å². The maximum atomic E-state index is 11.0. The molecule has 100 valence electrons. The lowest BCUT2D eigenvalue weighted by molar-refractivity contribution is -0.116. The standard InChI is InChI=1S/C11H22O5Si/c1-6-14-17(15-7-2,16-8-3)9-13-11(5)10(4)12/h5-9H2,1-4H3. The first-order chi connectivity index (χ1) is 8.01. The van der Waals surface area contributed by atoms with Gasteiger partial charge in [-0.2, -0.15) is 0 Å². The summed E-state index contributed by atoms with van der Waals surface area (Å²) in [6, 6.07) is 0. The van der Waals surface area contributed by atoms with Crippen molar-refractivity contribution in [3.63, 3.8) is 0 Å². The normalized spacial score (nSPS) is 11.3. The van der Waals surface area contributed by atoms with Gasteiger partial charge in [0.25, 0.3) is 0 Å². The van der Waals surface area contributed by atoms with Crippen molar-refractivity contribution in [2.45, 2.75) is 27.7 Å². The maximum Gasteiger partial charge on any atom is 0.540 e. The van der Waals surface area contributed by atoms with Crippen LogP contribution in [0.15, 0.2) is 12.3 Å². The average Bonchev–Trinajstić information content (AvgIpc) is 2.27. The Morgan fingerprint density at radius 1 is 1.06 bits per heavy atom. The van der Waals surface area contributed by atoms with E-state index in [1.807, 2.05) is 20.8 Å². The lowest BCUT2D eigenvalue weighted by Gasteiger charge is -2.28.